The summed E-state index contributed by atoms with van der Waals surface area (Å²) in [6.45, 7) is 10.2. The number of benzene rings is 1. The smallest absolute Gasteiger partial charge is 0.251 e. The molecule has 4 atom stereocenters. The molecule has 10 heteroatoms. The predicted octanol–water partition coefficient (Wildman–Crippen LogP) is 2.52. The molecule has 3 fully saturated rings. The van der Waals surface area contributed by atoms with Gasteiger partial charge in [0.05, 0.1) is 11.6 Å². The number of terminal acetylenes is 1. The number of nitrogens with zero attached hydrogens (tertiary/aromatic N) is 4. The Kier molecular flexibility index (Phi) is 8.00. The van der Waals surface area contributed by atoms with Crippen molar-refractivity contribution >= 4 is 34.1 Å². The quantitative estimate of drug-likeness (QED) is 0.540. The number of ketones is 1. The fourth-order valence-electron chi connectivity index (χ4n) is 5.62. The van der Waals surface area contributed by atoms with Gasteiger partial charge >= 0.3 is 0 Å². The summed E-state index contributed by atoms with van der Waals surface area (Å²) >= 11 is 1.63. The Morgan fingerprint density at radius 3 is 2.55 bits per heavy atom. The van der Waals surface area contributed by atoms with Crippen LogP contribution in [0.25, 0.3) is 11.3 Å². The lowest BCUT2D eigenvalue weighted by atomic mass is 9.87. The molecule has 4 heterocycles. The minimum absolute atomic E-state index is 0.0458. The molecule has 1 unspecified atom stereocenters. The van der Waals surface area contributed by atoms with Crippen molar-refractivity contribution in [2.45, 2.75) is 45.4 Å². The number of Topliss-reactive ketones (excluding diaryl/α,β-unsaturated/α-hetero) is 1. The normalized spacial score (nSPS) is 24.1. The number of likely N-dealkylation sites (N-methyl/N-ethyl adjacent to an activating group) is 1. The number of carbonyl (C=O) groups excluding carboxylic acids is 3. The van der Waals surface area contributed by atoms with E-state index in [0.29, 0.717) is 12.0 Å². The molecule has 5 rings (SSSR count). The standard InChI is InChI=1S/C30H37N5O4S/c1-6-19-16-35(25-24(36)17-39-26(19)25)28(38)22(15-30(2,3)4)31-27(37)21-9-7-20(8-10-21)23-18-40-29(32-23)34-13-11-33(5)12-14-34/h1,7-10,18-19,22,25-26H,11-17H2,2-5H3,(H,31,37)/t19-,22?,25-,26-/m1/s1. The molecule has 0 radical (unpaired) electrons. The minimum Gasteiger partial charge on any atom is -0.366 e. The van der Waals surface area contributed by atoms with Crippen molar-refractivity contribution in [3.8, 4) is 23.6 Å². The SMILES string of the molecule is C#C[C@@H]1CN(C(=O)C(CC(C)(C)C)NC(=O)c2ccc(-c3csc(N4CCN(C)CC4)n3)cc2)[C@@H]2C(=O)CO[C@H]12. The molecule has 0 spiro atoms. The van der Waals surface area contributed by atoms with Gasteiger partial charge in [-0.05, 0) is 31.0 Å². The van der Waals surface area contributed by atoms with E-state index in [9.17, 15) is 14.4 Å². The number of rotatable bonds is 6. The number of fused-ring (bicyclic) bond motifs is 1. The van der Waals surface area contributed by atoms with Gasteiger partial charge in [0, 0.05) is 49.2 Å². The summed E-state index contributed by atoms with van der Waals surface area (Å²) in [5.74, 6) is 1.53. The summed E-state index contributed by atoms with van der Waals surface area (Å²) < 4.78 is 5.61. The first-order valence-electron chi connectivity index (χ1n) is 13.8. The number of aromatic nitrogens is 1. The van der Waals surface area contributed by atoms with Crippen molar-refractivity contribution in [3.05, 3.63) is 35.2 Å². The molecular formula is C30H37N5O4S. The number of hydrogen-bond acceptors (Lipinski definition) is 8. The Morgan fingerprint density at radius 2 is 1.90 bits per heavy atom. The summed E-state index contributed by atoms with van der Waals surface area (Å²) in [5, 5.41) is 6.00. The molecule has 1 aromatic heterocycles. The molecule has 0 bridgehead atoms. The third-order valence-corrected chi connectivity index (χ3v) is 8.71. The monoisotopic (exact) mass is 563 g/mol. The molecular weight excluding hydrogens is 526 g/mol. The lowest BCUT2D eigenvalue weighted by Gasteiger charge is -2.32. The van der Waals surface area contributed by atoms with E-state index in [1.807, 2.05) is 38.3 Å². The van der Waals surface area contributed by atoms with Gasteiger partial charge in [0.15, 0.2) is 10.9 Å². The fraction of sp³-hybridized carbons (Fsp3) is 0.533. The molecule has 1 aromatic carbocycles. The highest BCUT2D eigenvalue weighted by Gasteiger charge is 2.52. The molecule has 2 amide bonds. The Labute approximate surface area is 239 Å². The van der Waals surface area contributed by atoms with Gasteiger partial charge in [-0.3, -0.25) is 14.4 Å². The van der Waals surface area contributed by atoms with Gasteiger partial charge in [-0.15, -0.1) is 17.8 Å². The van der Waals surface area contributed by atoms with E-state index in [4.69, 9.17) is 16.1 Å². The molecule has 3 aliphatic rings. The second-order valence-corrected chi connectivity index (χ2v) is 13.0. The van der Waals surface area contributed by atoms with Crippen molar-refractivity contribution in [3.63, 3.8) is 0 Å². The van der Waals surface area contributed by atoms with Crippen molar-refractivity contribution in [2.24, 2.45) is 11.3 Å². The topological polar surface area (TPSA) is 95.1 Å². The maximum atomic E-state index is 13.8. The number of piperazine rings is 1. The van der Waals surface area contributed by atoms with Gasteiger partial charge in [-0.2, -0.15) is 0 Å². The van der Waals surface area contributed by atoms with E-state index in [1.54, 1.807) is 23.5 Å². The molecule has 40 heavy (non-hydrogen) atoms. The van der Waals surface area contributed by atoms with Gasteiger partial charge in [0.25, 0.3) is 5.91 Å². The van der Waals surface area contributed by atoms with Crippen LogP contribution in [0.5, 0.6) is 0 Å². The summed E-state index contributed by atoms with van der Waals surface area (Å²) in [4.78, 5) is 50.6. The molecule has 1 N–H and O–H groups in total. The zero-order valence-corrected chi connectivity index (χ0v) is 24.4. The average Bonchev–Trinajstić information content (AvgIpc) is 3.65. The van der Waals surface area contributed by atoms with Crippen LogP contribution in [0.4, 0.5) is 5.13 Å². The molecule has 212 valence electrons. The van der Waals surface area contributed by atoms with Gasteiger partial charge in [0.1, 0.15) is 24.8 Å². The molecule has 3 aliphatic heterocycles. The first-order chi connectivity index (χ1) is 19.0. The molecule has 2 aromatic rings. The minimum atomic E-state index is -0.803. The largest absolute Gasteiger partial charge is 0.366 e. The van der Waals surface area contributed by atoms with Crippen LogP contribution in [0, 0.1) is 23.7 Å². The Hall–Kier alpha value is -3.26. The highest BCUT2D eigenvalue weighted by molar-refractivity contribution is 7.14. The third-order valence-electron chi connectivity index (χ3n) is 7.81. The van der Waals surface area contributed by atoms with Gasteiger partial charge < -0.3 is 24.8 Å². The van der Waals surface area contributed by atoms with Crippen molar-refractivity contribution in [1.82, 2.24) is 20.1 Å². The van der Waals surface area contributed by atoms with Crippen LogP contribution >= 0.6 is 11.3 Å². The molecule has 0 aliphatic carbocycles. The number of amides is 2. The van der Waals surface area contributed by atoms with Crippen LogP contribution in [0.3, 0.4) is 0 Å². The summed E-state index contributed by atoms with van der Waals surface area (Å²) in [6, 6.07) is 5.79. The van der Waals surface area contributed by atoms with E-state index >= 15 is 0 Å². The van der Waals surface area contributed by atoms with Crippen LogP contribution in [-0.2, 0) is 14.3 Å². The van der Waals surface area contributed by atoms with E-state index in [0.717, 1.165) is 42.6 Å². The van der Waals surface area contributed by atoms with Crippen LogP contribution in [-0.4, -0.2) is 96.9 Å². The molecule has 0 saturated carbocycles. The van der Waals surface area contributed by atoms with Crippen LogP contribution in [0.2, 0.25) is 0 Å². The van der Waals surface area contributed by atoms with E-state index in [2.05, 4.69) is 28.1 Å². The number of ether oxygens (including phenoxy) is 1. The first kappa shape index (κ1) is 28.3. The van der Waals surface area contributed by atoms with E-state index in [-0.39, 0.29) is 42.1 Å². The van der Waals surface area contributed by atoms with Gasteiger partial charge in [0.2, 0.25) is 5.91 Å². The number of hydrogen-bond donors (Lipinski definition) is 1. The summed E-state index contributed by atoms with van der Waals surface area (Å²) in [6.07, 6.45) is 5.60. The van der Waals surface area contributed by atoms with Gasteiger partial charge in [-0.25, -0.2) is 4.98 Å². The number of anilines is 1. The number of carbonyl (C=O) groups is 3. The van der Waals surface area contributed by atoms with Crippen molar-refractivity contribution < 1.29 is 19.1 Å². The van der Waals surface area contributed by atoms with Crippen LogP contribution < -0.4 is 10.2 Å². The van der Waals surface area contributed by atoms with Crippen molar-refractivity contribution in [2.75, 3.05) is 51.3 Å². The lowest BCUT2D eigenvalue weighted by Crippen LogP contribution is -2.53. The third kappa shape index (κ3) is 5.92. The highest BCUT2D eigenvalue weighted by atomic mass is 32.1. The Balaban J connectivity index is 1.29. The van der Waals surface area contributed by atoms with E-state index < -0.39 is 18.2 Å². The predicted molar refractivity (Wildman–Crippen MR) is 155 cm³/mol. The zero-order valence-electron chi connectivity index (χ0n) is 23.6. The number of likely N-dealkylation sites (tertiary alicyclic amines) is 1. The maximum Gasteiger partial charge on any atom is 0.251 e. The lowest BCUT2D eigenvalue weighted by molar-refractivity contribution is -0.138. The summed E-state index contributed by atoms with van der Waals surface area (Å²) in [5.41, 5.74) is 2.01. The van der Waals surface area contributed by atoms with Crippen LogP contribution in [0.15, 0.2) is 29.6 Å². The highest BCUT2D eigenvalue weighted by Crippen LogP contribution is 2.33. The molecule has 3 saturated heterocycles. The van der Waals surface area contributed by atoms with Crippen LogP contribution in [0.1, 0.15) is 37.6 Å². The van der Waals surface area contributed by atoms with E-state index in [1.165, 1.54) is 4.90 Å². The second kappa shape index (κ2) is 11.3. The number of thiazole rings is 1. The maximum absolute atomic E-state index is 13.8. The Bertz CT molecular complexity index is 1300. The fourth-order valence-corrected chi connectivity index (χ4v) is 6.50. The molecule has 9 nitrogen and oxygen atoms in total. The number of nitrogens with one attached hydrogen (secondary N) is 1. The van der Waals surface area contributed by atoms with Gasteiger partial charge in [-0.1, -0.05) is 38.8 Å². The van der Waals surface area contributed by atoms with Crippen molar-refractivity contribution in [1.29, 1.82) is 0 Å². The second-order valence-electron chi connectivity index (χ2n) is 12.1. The zero-order chi connectivity index (χ0) is 28.6. The Morgan fingerprint density at radius 1 is 1.20 bits per heavy atom. The average molecular weight is 564 g/mol. The summed E-state index contributed by atoms with van der Waals surface area (Å²) in [7, 11) is 2.13. The first-order valence-corrected chi connectivity index (χ1v) is 14.6.